The van der Waals surface area contributed by atoms with E-state index in [9.17, 15) is 8.78 Å². The fourth-order valence-electron chi connectivity index (χ4n) is 1.05. The fourth-order valence-corrected chi connectivity index (χ4v) is 1.05. The van der Waals surface area contributed by atoms with E-state index in [0.29, 0.717) is 0 Å². The van der Waals surface area contributed by atoms with Crippen LogP contribution in [0, 0.1) is 11.6 Å². The maximum atomic E-state index is 13.1. The lowest BCUT2D eigenvalue weighted by molar-refractivity contribution is 0.181. The highest BCUT2D eigenvalue weighted by Gasteiger charge is 2.08. The van der Waals surface area contributed by atoms with Crippen LogP contribution in [-0.2, 0) is 17.9 Å². The van der Waals surface area contributed by atoms with Crippen LogP contribution in [0.2, 0.25) is 0 Å². The summed E-state index contributed by atoms with van der Waals surface area (Å²) in [5.41, 5.74) is 5.59. The van der Waals surface area contributed by atoms with Crippen LogP contribution < -0.4 is 5.73 Å². The normalized spacial score (nSPS) is 10.5. The first-order valence-corrected chi connectivity index (χ1v) is 3.84. The lowest BCUT2D eigenvalue weighted by Crippen LogP contribution is -2.03. The number of benzene rings is 1. The van der Waals surface area contributed by atoms with Gasteiger partial charge in [-0.2, -0.15) is 0 Å². The average Bonchev–Trinajstić information content (AvgIpc) is 2.11. The highest BCUT2D eigenvalue weighted by Crippen LogP contribution is 2.15. The summed E-state index contributed by atoms with van der Waals surface area (Å²) in [6.45, 7) is 0.0591. The van der Waals surface area contributed by atoms with Gasteiger partial charge in [-0.15, -0.1) is 0 Å². The van der Waals surface area contributed by atoms with Gasteiger partial charge < -0.3 is 10.5 Å². The smallest absolute Gasteiger partial charge is 0.129 e. The Balaban J connectivity index is 3.05. The first-order chi connectivity index (χ1) is 6.19. The highest BCUT2D eigenvalue weighted by molar-refractivity contribution is 5.25. The zero-order chi connectivity index (χ0) is 9.84. The molecule has 2 N–H and O–H groups in total. The van der Waals surface area contributed by atoms with Crippen LogP contribution >= 0.6 is 0 Å². The number of nitrogens with two attached hydrogens (primary N) is 1. The van der Waals surface area contributed by atoms with Crippen LogP contribution in [0.4, 0.5) is 8.78 Å². The molecule has 0 atom stereocenters. The van der Waals surface area contributed by atoms with Crippen molar-refractivity contribution in [2.24, 2.45) is 5.73 Å². The summed E-state index contributed by atoms with van der Waals surface area (Å²) in [7, 11) is 1.42. The number of methoxy groups -OCH3 is 1. The van der Waals surface area contributed by atoms with Crippen molar-refractivity contribution in [3.05, 3.63) is 34.9 Å². The summed E-state index contributed by atoms with van der Waals surface area (Å²) in [6, 6.07) is 2.21. The number of hydrogen-bond donors (Lipinski definition) is 1. The van der Waals surface area contributed by atoms with Crippen molar-refractivity contribution in [3.63, 3.8) is 0 Å². The molecular weight excluding hydrogens is 176 g/mol. The largest absolute Gasteiger partial charge is 0.380 e. The lowest BCUT2D eigenvalue weighted by Gasteiger charge is -2.05. The fraction of sp³-hybridized carbons (Fsp3) is 0.333. The lowest BCUT2D eigenvalue weighted by atomic mass is 10.1. The van der Waals surface area contributed by atoms with E-state index in [1.54, 1.807) is 0 Å². The highest BCUT2D eigenvalue weighted by atomic mass is 19.1. The second-order valence-electron chi connectivity index (χ2n) is 2.67. The molecule has 0 aliphatic carbocycles. The summed E-state index contributed by atoms with van der Waals surface area (Å²) in [6.07, 6.45) is 0. The number of rotatable bonds is 3. The van der Waals surface area contributed by atoms with Gasteiger partial charge in [0.25, 0.3) is 0 Å². The van der Waals surface area contributed by atoms with E-state index < -0.39 is 11.6 Å². The van der Waals surface area contributed by atoms with E-state index in [0.717, 1.165) is 12.1 Å². The Morgan fingerprint density at radius 2 is 1.77 bits per heavy atom. The molecule has 0 aliphatic heterocycles. The molecule has 0 heterocycles. The molecule has 4 heteroatoms. The molecule has 0 spiro atoms. The maximum Gasteiger partial charge on any atom is 0.129 e. The standard InChI is InChI=1S/C9H11F2NO/c1-13-5-7-3-8(10)6(4-12)2-9(7)11/h2-3H,4-5,12H2,1H3. The van der Waals surface area contributed by atoms with Crippen molar-refractivity contribution >= 4 is 0 Å². The quantitative estimate of drug-likeness (QED) is 0.779. The van der Waals surface area contributed by atoms with Crippen molar-refractivity contribution in [2.45, 2.75) is 13.2 Å². The molecule has 72 valence electrons. The van der Waals surface area contributed by atoms with E-state index in [1.165, 1.54) is 7.11 Å². The van der Waals surface area contributed by atoms with E-state index >= 15 is 0 Å². The second-order valence-corrected chi connectivity index (χ2v) is 2.67. The summed E-state index contributed by atoms with van der Waals surface area (Å²) in [4.78, 5) is 0. The third-order valence-corrected chi connectivity index (χ3v) is 1.74. The molecule has 0 unspecified atom stereocenters. The van der Waals surface area contributed by atoms with Crippen LogP contribution in [0.3, 0.4) is 0 Å². The average molecular weight is 187 g/mol. The van der Waals surface area contributed by atoms with Crippen LogP contribution in [0.25, 0.3) is 0 Å². The third kappa shape index (κ3) is 2.23. The zero-order valence-electron chi connectivity index (χ0n) is 7.31. The van der Waals surface area contributed by atoms with Gasteiger partial charge in [0.2, 0.25) is 0 Å². The molecule has 0 saturated heterocycles. The molecule has 2 nitrogen and oxygen atoms in total. The molecule has 0 aliphatic rings. The summed E-state index contributed by atoms with van der Waals surface area (Å²) >= 11 is 0. The summed E-state index contributed by atoms with van der Waals surface area (Å²) in [5, 5.41) is 0. The van der Waals surface area contributed by atoms with E-state index in [-0.39, 0.29) is 24.3 Å². The van der Waals surface area contributed by atoms with Crippen molar-refractivity contribution in [1.29, 1.82) is 0 Å². The van der Waals surface area contributed by atoms with Crippen molar-refractivity contribution in [1.82, 2.24) is 0 Å². The van der Waals surface area contributed by atoms with Crippen LogP contribution in [0.1, 0.15) is 11.1 Å². The van der Waals surface area contributed by atoms with Crippen LogP contribution in [-0.4, -0.2) is 7.11 Å². The predicted octanol–water partition coefficient (Wildman–Crippen LogP) is 1.57. The minimum absolute atomic E-state index is 0.00395. The van der Waals surface area contributed by atoms with Crippen molar-refractivity contribution < 1.29 is 13.5 Å². The number of halogens is 2. The Hall–Kier alpha value is -1.00. The van der Waals surface area contributed by atoms with Gasteiger partial charge >= 0.3 is 0 Å². The van der Waals surface area contributed by atoms with Gasteiger partial charge in [0.15, 0.2) is 0 Å². The Morgan fingerprint density at radius 3 is 2.31 bits per heavy atom. The summed E-state index contributed by atoms with van der Waals surface area (Å²) in [5.74, 6) is -0.973. The zero-order valence-corrected chi connectivity index (χ0v) is 7.31. The molecule has 0 bridgehead atoms. The van der Waals surface area contributed by atoms with Gasteiger partial charge in [-0.3, -0.25) is 0 Å². The monoisotopic (exact) mass is 187 g/mol. The van der Waals surface area contributed by atoms with Gasteiger partial charge in [0.1, 0.15) is 11.6 Å². The van der Waals surface area contributed by atoms with Gasteiger partial charge in [-0.25, -0.2) is 8.78 Å². The van der Waals surface area contributed by atoms with Gasteiger partial charge in [0, 0.05) is 24.8 Å². The Labute approximate surface area is 75.3 Å². The molecule has 13 heavy (non-hydrogen) atoms. The molecule has 1 aromatic rings. The van der Waals surface area contributed by atoms with Crippen molar-refractivity contribution in [2.75, 3.05) is 7.11 Å². The molecule has 1 rings (SSSR count). The minimum Gasteiger partial charge on any atom is -0.380 e. The van der Waals surface area contributed by atoms with E-state index in [1.807, 2.05) is 0 Å². The Bertz CT molecular complexity index is 302. The van der Waals surface area contributed by atoms with E-state index in [4.69, 9.17) is 10.5 Å². The van der Waals surface area contributed by atoms with Crippen LogP contribution in [0.15, 0.2) is 12.1 Å². The molecule has 0 fully saturated rings. The Morgan fingerprint density at radius 1 is 1.23 bits per heavy atom. The first-order valence-electron chi connectivity index (χ1n) is 3.84. The summed E-state index contributed by atoms with van der Waals surface area (Å²) < 4.78 is 30.9. The molecule has 0 radical (unpaired) electrons. The molecule has 1 aromatic carbocycles. The number of hydrogen-bond acceptors (Lipinski definition) is 2. The van der Waals surface area contributed by atoms with Gasteiger partial charge in [-0.05, 0) is 12.1 Å². The topological polar surface area (TPSA) is 35.2 Å². The molecule has 0 amide bonds. The third-order valence-electron chi connectivity index (χ3n) is 1.74. The van der Waals surface area contributed by atoms with Crippen LogP contribution in [0.5, 0.6) is 0 Å². The second kappa shape index (κ2) is 4.30. The number of ether oxygens (including phenoxy) is 1. The predicted molar refractivity (Wildman–Crippen MR) is 45.0 cm³/mol. The van der Waals surface area contributed by atoms with Gasteiger partial charge in [0.05, 0.1) is 6.61 Å². The SMILES string of the molecule is COCc1cc(F)c(CN)cc1F. The van der Waals surface area contributed by atoms with Gasteiger partial charge in [-0.1, -0.05) is 0 Å². The maximum absolute atomic E-state index is 13.1. The molecule has 0 saturated carbocycles. The molecule has 0 aromatic heterocycles. The first kappa shape index (κ1) is 10.1. The Kier molecular flexibility index (Phi) is 3.33. The van der Waals surface area contributed by atoms with Crippen molar-refractivity contribution in [3.8, 4) is 0 Å². The minimum atomic E-state index is -0.490. The van der Waals surface area contributed by atoms with E-state index in [2.05, 4.69) is 0 Å². The molecular formula is C9H11F2NO.